The number of nitrogens with one attached hydrogen (secondary N) is 3. The van der Waals surface area contributed by atoms with Gasteiger partial charge in [-0.15, -0.1) is 0 Å². The number of hydrogen-bond acceptors (Lipinski definition) is 10. The van der Waals surface area contributed by atoms with Crippen molar-refractivity contribution in [1.82, 2.24) is 16.0 Å². The maximum atomic E-state index is 10.4. The van der Waals surface area contributed by atoms with Crippen LogP contribution in [0.1, 0.15) is 0 Å². The molecule has 0 saturated carbocycles. The fourth-order valence-corrected chi connectivity index (χ4v) is 1.72. The van der Waals surface area contributed by atoms with Gasteiger partial charge in [0.1, 0.15) is 6.61 Å². The monoisotopic (exact) mass is 400 g/mol. The molecule has 0 radical (unpaired) electrons. The Morgan fingerprint density at radius 1 is 0.680 bits per heavy atom. The SMILES string of the molecule is NCCNCCOCC(O)(OCCNCCN)OCCNCCN.[Ti]. The minimum Gasteiger partial charge on any atom is -0.372 e. The van der Waals surface area contributed by atoms with Crippen LogP contribution in [-0.4, -0.2) is 96.4 Å². The fourth-order valence-electron chi connectivity index (χ4n) is 1.72. The van der Waals surface area contributed by atoms with E-state index in [1.807, 2.05) is 0 Å². The van der Waals surface area contributed by atoms with Gasteiger partial charge in [-0.1, -0.05) is 0 Å². The van der Waals surface area contributed by atoms with Crippen molar-refractivity contribution >= 4 is 0 Å². The summed E-state index contributed by atoms with van der Waals surface area (Å²) in [6.07, 6.45) is 0. The molecule has 11 heteroatoms. The van der Waals surface area contributed by atoms with Gasteiger partial charge in [0.15, 0.2) is 0 Å². The number of nitrogens with two attached hydrogens (primary N) is 3. The first-order chi connectivity index (χ1) is 11.7. The van der Waals surface area contributed by atoms with Crippen LogP contribution in [-0.2, 0) is 35.9 Å². The molecule has 25 heavy (non-hydrogen) atoms. The van der Waals surface area contributed by atoms with Crippen molar-refractivity contribution < 1.29 is 41.0 Å². The first kappa shape index (κ1) is 27.5. The van der Waals surface area contributed by atoms with Gasteiger partial charge in [-0.25, -0.2) is 0 Å². The summed E-state index contributed by atoms with van der Waals surface area (Å²) >= 11 is 0. The molecule has 0 aliphatic rings. The first-order valence-corrected chi connectivity index (χ1v) is 8.49. The van der Waals surface area contributed by atoms with E-state index in [2.05, 4.69) is 16.0 Å². The van der Waals surface area contributed by atoms with Crippen LogP contribution < -0.4 is 33.2 Å². The van der Waals surface area contributed by atoms with Crippen LogP contribution >= 0.6 is 0 Å². The molecule has 0 aromatic heterocycles. The molecule has 150 valence electrons. The summed E-state index contributed by atoms with van der Waals surface area (Å²) in [6.45, 7) is 6.44. The van der Waals surface area contributed by atoms with Crippen LogP contribution in [0.15, 0.2) is 0 Å². The van der Waals surface area contributed by atoms with Gasteiger partial charge in [0, 0.05) is 80.6 Å². The smallest absolute Gasteiger partial charge is 0.305 e. The van der Waals surface area contributed by atoms with Crippen LogP contribution in [0.2, 0.25) is 0 Å². The van der Waals surface area contributed by atoms with Crippen molar-refractivity contribution in [3.63, 3.8) is 0 Å². The Hall–Kier alpha value is 0.314. The Labute approximate surface area is 165 Å². The Bertz CT molecular complexity index is 255. The Kier molecular flexibility index (Phi) is 22.7. The van der Waals surface area contributed by atoms with Crippen molar-refractivity contribution in [1.29, 1.82) is 0 Å². The van der Waals surface area contributed by atoms with Crippen LogP contribution in [0.5, 0.6) is 0 Å². The normalized spacial score (nSPS) is 11.5. The van der Waals surface area contributed by atoms with E-state index in [9.17, 15) is 5.11 Å². The zero-order valence-electron chi connectivity index (χ0n) is 15.1. The van der Waals surface area contributed by atoms with E-state index in [0.717, 1.165) is 6.54 Å². The molecule has 0 aliphatic heterocycles. The van der Waals surface area contributed by atoms with Gasteiger partial charge >= 0.3 is 5.97 Å². The molecule has 0 saturated heterocycles. The van der Waals surface area contributed by atoms with E-state index in [1.54, 1.807) is 0 Å². The van der Waals surface area contributed by atoms with Crippen molar-refractivity contribution in [3.8, 4) is 0 Å². The first-order valence-electron chi connectivity index (χ1n) is 8.49. The van der Waals surface area contributed by atoms with Gasteiger partial charge in [-0.3, -0.25) is 0 Å². The maximum Gasteiger partial charge on any atom is 0.305 e. The molecule has 0 fully saturated rings. The summed E-state index contributed by atoms with van der Waals surface area (Å²) in [5.41, 5.74) is 16.2. The molecule has 0 aromatic rings. The zero-order valence-corrected chi connectivity index (χ0v) is 16.7. The number of rotatable bonds is 19. The number of aliphatic hydroxyl groups is 1. The van der Waals surface area contributed by atoms with Crippen LogP contribution in [0.3, 0.4) is 0 Å². The number of hydrogen-bond donors (Lipinski definition) is 7. The van der Waals surface area contributed by atoms with Crippen molar-refractivity contribution in [2.75, 3.05) is 85.3 Å². The second kappa shape index (κ2) is 20.6. The second-order valence-corrected chi connectivity index (χ2v) is 5.08. The quantitative estimate of drug-likeness (QED) is 0.0653. The second-order valence-electron chi connectivity index (χ2n) is 5.08. The van der Waals surface area contributed by atoms with E-state index < -0.39 is 5.97 Å². The Morgan fingerprint density at radius 2 is 1.08 bits per heavy atom. The Balaban J connectivity index is 0. The summed E-state index contributed by atoms with van der Waals surface area (Å²) in [7, 11) is 0. The van der Waals surface area contributed by atoms with E-state index >= 15 is 0 Å². The zero-order chi connectivity index (χ0) is 17.9. The van der Waals surface area contributed by atoms with E-state index in [0.29, 0.717) is 59.0 Å². The van der Waals surface area contributed by atoms with E-state index in [-0.39, 0.29) is 41.5 Å². The van der Waals surface area contributed by atoms with Gasteiger partial charge in [0.05, 0.1) is 19.8 Å². The molecule has 0 unspecified atom stereocenters. The molecule has 0 aliphatic carbocycles. The predicted molar refractivity (Wildman–Crippen MR) is 93.4 cm³/mol. The molecule has 0 rings (SSSR count). The number of ether oxygens (including phenoxy) is 3. The van der Waals surface area contributed by atoms with Gasteiger partial charge in [-0.2, -0.15) is 0 Å². The minimum atomic E-state index is -1.78. The Morgan fingerprint density at radius 3 is 1.48 bits per heavy atom. The predicted octanol–water partition coefficient (Wildman–Crippen LogP) is -3.68. The van der Waals surface area contributed by atoms with Crippen molar-refractivity contribution in [3.05, 3.63) is 0 Å². The third kappa shape index (κ3) is 18.9. The molecule has 0 amide bonds. The average Bonchev–Trinajstić information content (AvgIpc) is 2.58. The fraction of sp³-hybridized carbons (Fsp3) is 1.00. The van der Waals surface area contributed by atoms with E-state index in [1.165, 1.54) is 0 Å². The van der Waals surface area contributed by atoms with Crippen molar-refractivity contribution in [2.24, 2.45) is 17.2 Å². The molecule has 0 heterocycles. The largest absolute Gasteiger partial charge is 0.372 e. The molecular weight excluding hydrogens is 364 g/mol. The van der Waals surface area contributed by atoms with Gasteiger partial charge in [0.2, 0.25) is 0 Å². The summed E-state index contributed by atoms with van der Waals surface area (Å²) in [4.78, 5) is 0. The summed E-state index contributed by atoms with van der Waals surface area (Å²) in [6, 6.07) is 0. The van der Waals surface area contributed by atoms with Gasteiger partial charge in [-0.05, 0) is 0 Å². The molecule has 0 bridgehead atoms. The van der Waals surface area contributed by atoms with Crippen LogP contribution in [0.4, 0.5) is 0 Å². The van der Waals surface area contributed by atoms with Crippen LogP contribution in [0, 0.1) is 0 Å². The average molecular weight is 400 g/mol. The third-order valence-electron chi connectivity index (χ3n) is 2.88. The standard InChI is InChI=1S/C14H36N6O4.Ti/c15-1-4-18-7-10-22-13-14(21,23-11-8-19-5-2-16)24-12-9-20-6-3-17;/h18-21H,1-13,15-17H2;. The molecule has 0 aromatic carbocycles. The molecular formula is C14H36N6O4Ti. The van der Waals surface area contributed by atoms with Crippen LogP contribution in [0.25, 0.3) is 0 Å². The summed E-state index contributed by atoms with van der Waals surface area (Å²) in [5, 5.41) is 19.7. The van der Waals surface area contributed by atoms with Gasteiger partial charge in [0.25, 0.3) is 0 Å². The third-order valence-corrected chi connectivity index (χ3v) is 2.88. The van der Waals surface area contributed by atoms with Gasteiger partial charge < -0.3 is 52.5 Å². The summed E-state index contributed by atoms with van der Waals surface area (Å²) < 4.78 is 16.3. The summed E-state index contributed by atoms with van der Waals surface area (Å²) in [5.74, 6) is -1.78. The molecule has 0 spiro atoms. The minimum absolute atomic E-state index is 0. The van der Waals surface area contributed by atoms with Crippen molar-refractivity contribution in [2.45, 2.75) is 5.97 Å². The van der Waals surface area contributed by atoms with E-state index in [4.69, 9.17) is 31.4 Å². The molecule has 10 nitrogen and oxygen atoms in total. The molecule has 10 N–H and O–H groups in total. The maximum absolute atomic E-state index is 10.4. The molecule has 0 atom stereocenters. The topological polar surface area (TPSA) is 162 Å².